The molecular weight excluding hydrogens is 348 g/mol. The van der Waals surface area contributed by atoms with Gasteiger partial charge in [0, 0.05) is 29.9 Å². The summed E-state index contributed by atoms with van der Waals surface area (Å²) in [5.74, 6) is 1.16. The van der Waals surface area contributed by atoms with E-state index in [-0.39, 0.29) is 5.91 Å². The van der Waals surface area contributed by atoms with Crippen LogP contribution in [0.15, 0.2) is 54.9 Å². The molecule has 3 N–H and O–H groups in total. The molecule has 0 atom stereocenters. The van der Waals surface area contributed by atoms with E-state index in [2.05, 4.69) is 10.3 Å². The van der Waals surface area contributed by atoms with Crippen molar-refractivity contribution in [2.75, 3.05) is 13.1 Å². The van der Waals surface area contributed by atoms with Crippen LogP contribution in [0.1, 0.15) is 36.0 Å². The van der Waals surface area contributed by atoms with Crippen LogP contribution >= 0.6 is 0 Å². The molecule has 0 saturated heterocycles. The highest BCUT2D eigenvalue weighted by atomic mass is 16.1. The summed E-state index contributed by atoms with van der Waals surface area (Å²) in [7, 11) is 0. The van der Waals surface area contributed by atoms with Crippen LogP contribution in [0.3, 0.4) is 0 Å². The lowest BCUT2D eigenvalue weighted by atomic mass is 9.82. The van der Waals surface area contributed by atoms with Crippen molar-refractivity contribution in [2.45, 2.75) is 25.7 Å². The normalized spacial score (nSPS) is 19.5. The van der Waals surface area contributed by atoms with Crippen molar-refractivity contribution in [3.63, 3.8) is 0 Å². The highest BCUT2D eigenvalue weighted by Gasteiger charge is 2.21. The number of rotatable bonds is 5. The molecule has 1 amide bonds. The van der Waals surface area contributed by atoms with Crippen molar-refractivity contribution < 1.29 is 4.79 Å². The van der Waals surface area contributed by atoms with E-state index in [9.17, 15) is 4.79 Å². The summed E-state index contributed by atoms with van der Waals surface area (Å²) in [5.41, 5.74) is 9.02. The van der Waals surface area contributed by atoms with Crippen molar-refractivity contribution in [2.24, 2.45) is 17.6 Å². The van der Waals surface area contributed by atoms with Gasteiger partial charge in [-0.15, -0.1) is 0 Å². The van der Waals surface area contributed by atoms with Gasteiger partial charge in [-0.25, -0.2) is 4.98 Å². The monoisotopic (exact) mass is 374 g/mol. The molecule has 0 aliphatic heterocycles. The third-order valence-electron chi connectivity index (χ3n) is 5.79. The third-order valence-corrected chi connectivity index (χ3v) is 5.79. The molecule has 1 fully saturated rings. The molecule has 0 unspecified atom stereocenters. The van der Waals surface area contributed by atoms with Gasteiger partial charge in [0.1, 0.15) is 0 Å². The zero-order valence-electron chi connectivity index (χ0n) is 16.0. The number of nitrogens with one attached hydrogen (secondary N) is 1. The van der Waals surface area contributed by atoms with Crippen LogP contribution in [0.4, 0.5) is 0 Å². The molecule has 5 nitrogen and oxygen atoms in total. The predicted octanol–water partition coefficient (Wildman–Crippen LogP) is 3.79. The summed E-state index contributed by atoms with van der Waals surface area (Å²) >= 11 is 0. The molecule has 28 heavy (non-hydrogen) atoms. The Kier molecular flexibility index (Phi) is 5.63. The smallest absolute Gasteiger partial charge is 0.252 e. The number of pyridine rings is 2. The second kappa shape index (κ2) is 8.48. The second-order valence-electron chi connectivity index (χ2n) is 7.64. The number of carbonyl (C=O) groups excluding carboxylic acids is 1. The molecular formula is C23H26N4O. The van der Waals surface area contributed by atoms with Gasteiger partial charge in [-0.1, -0.05) is 18.2 Å². The molecule has 2 aromatic heterocycles. The number of nitrogens with two attached hydrogens (primary N) is 1. The average molecular weight is 374 g/mol. The third kappa shape index (κ3) is 4.04. The molecule has 0 radical (unpaired) electrons. The maximum Gasteiger partial charge on any atom is 0.252 e. The second-order valence-corrected chi connectivity index (χ2v) is 7.64. The van der Waals surface area contributed by atoms with Gasteiger partial charge in [-0.2, -0.15) is 0 Å². The van der Waals surface area contributed by atoms with Gasteiger partial charge in [0.2, 0.25) is 0 Å². The Balaban J connectivity index is 1.56. The van der Waals surface area contributed by atoms with Crippen LogP contribution in [0, 0.1) is 11.8 Å². The largest absolute Gasteiger partial charge is 0.352 e. The summed E-state index contributed by atoms with van der Waals surface area (Å²) in [6, 6.07) is 13.5. The van der Waals surface area contributed by atoms with E-state index < -0.39 is 0 Å². The first kappa shape index (κ1) is 18.6. The van der Waals surface area contributed by atoms with Crippen LogP contribution in [0.5, 0.6) is 0 Å². The van der Waals surface area contributed by atoms with Crippen molar-refractivity contribution in [3.8, 4) is 11.3 Å². The lowest BCUT2D eigenvalue weighted by Gasteiger charge is -2.27. The first-order chi connectivity index (χ1) is 13.7. The number of para-hydroxylation sites is 1. The number of aromatic nitrogens is 2. The molecule has 5 heteroatoms. The van der Waals surface area contributed by atoms with Gasteiger partial charge in [-0.05, 0) is 68.3 Å². The van der Waals surface area contributed by atoms with Gasteiger partial charge < -0.3 is 11.1 Å². The van der Waals surface area contributed by atoms with Crippen molar-refractivity contribution in [1.29, 1.82) is 0 Å². The summed E-state index contributed by atoms with van der Waals surface area (Å²) < 4.78 is 0. The maximum absolute atomic E-state index is 13.0. The van der Waals surface area contributed by atoms with E-state index in [0.717, 1.165) is 48.1 Å². The first-order valence-corrected chi connectivity index (χ1v) is 10.0. The number of carbonyl (C=O) groups is 1. The van der Waals surface area contributed by atoms with E-state index in [0.29, 0.717) is 17.4 Å². The Morgan fingerprint density at radius 1 is 1.04 bits per heavy atom. The van der Waals surface area contributed by atoms with Crippen LogP contribution in [-0.4, -0.2) is 29.0 Å². The Hall–Kier alpha value is -2.79. The van der Waals surface area contributed by atoms with Gasteiger partial charge in [0.25, 0.3) is 5.91 Å². The van der Waals surface area contributed by atoms with Crippen LogP contribution < -0.4 is 11.1 Å². The summed E-state index contributed by atoms with van der Waals surface area (Å²) in [4.78, 5) is 21.8. The van der Waals surface area contributed by atoms with Gasteiger partial charge >= 0.3 is 0 Å². The van der Waals surface area contributed by atoms with Crippen molar-refractivity contribution in [3.05, 3.63) is 60.4 Å². The number of fused-ring (bicyclic) bond motifs is 1. The van der Waals surface area contributed by atoms with Crippen LogP contribution in [0.25, 0.3) is 22.2 Å². The Bertz CT molecular complexity index is 949. The molecule has 1 aliphatic rings. The number of hydrogen-bond acceptors (Lipinski definition) is 4. The molecule has 3 aromatic rings. The number of hydrogen-bond donors (Lipinski definition) is 2. The quantitative estimate of drug-likeness (QED) is 0.712. The van der Waals surface area contributed by atoms with Gasteiger partial charge in [0.15, 0.2) is 0 Å². The maximum atomic E-state index is 13.0. The molecule has 0 bridgehead atoms. The molecule has 0 spiro atoms. The van der Waals surface area contributed by atoms with Gasteiger partial charge in [-0.3, -0.25) is 9.78 Å². The van der Waals surface area contributed by atoms with Crippen LogP contribution in [-0.2, 0) is 0 Å². The molecule has 1 aliphatic carbocycles. The van der Waals surface area contributed by atoms with Crippen LogP contribution in [0.2, 0.25) is 0 Å². The molecule has 1 aromatic carbocycles. The van der Waals surface area contributed by atoms with Crippen molar-refractivity contribution >= 4 is 16.8 Å². The Morgan fingerprint density at radius 2 is 1.75 bits per heavy atom. The number of nitrogens with zero attached hydrogens (tertiary/aromatic N) is 2. The molecule has 2 heterocycles. The first-order valence-electron chi connectivity index (χ1n) is 10.0. The molecule has 1 saturated carbocycles. The molecule has 4 rings (SSSR count). The lowest BCUT2D eigenvalue weighted by molar-refractivity contribution is 0.0943. The topological polar surface area (TPSA) is 80.9 Å². The highest BCUT2D eigenvalue weighted by Crippen LogP contribution is 2.28. The minimum absolute atomic E-state index is 0.0325. The minimum atomic E-state index is -0.0325. The zero-order valence-corrected chi connectivity index (χ0v) is 16.0. The Morgan fingerprint density at radius 3 is 2.50 bits per heavy atom. The SMILES string of the molecule is NCC1CCC(CNC(=O)c2cc(-c3ccncc3)nc3ccccc23)CC1. The summed E-state index contributed by atoms with van der Waals surface area (Å²) in [5, 5.41) is 4.04. The van der Waals surface area contributed by atoms with E-state index in [1.54, 1.807) is 12.4 Å². The van der Waals surface area contributed by atoms with E-state index in [4.69, 9.17) is 10.7 Å². The minimum Gasteiger partial charge on any atom is -0.352 e. The fourth-order valence-electron chi connectivity index (χ4n) is 4.04. The van der Waals surface area contributed by atoms with E-state index in [1.807, 2.05) is 42.5 Å². The lowest BCUT2D eigenvalue weighted by Crippen LogP contribution is -2.32. The van der Waals surface area contributed by atoms with E-state index >= 15 is 0 Å². The average Bonchev–Trinajstić information content (AvgIpc) is 2.77. The standard InChI is InChI=1S/C23H26N4O/c24-14-16-5-7-17(8-6-16)15-26-23(28)20-13-22(18-9-11-25-12-10-18)27-21-4-2-1-3-19(20)21/h1-4,9-13,16-17H,5-8,14-15,24H2,(H,26,28). The number of amides is 1. The zero-order chi connectivity index (χ0) is 19.3. The van der Waals surface area contributed by atoms with Crippen molar-refractivity contribution in [1.82, 2.24) is 15.3 Å². The molecule has 144 valence electrons. The van der Waals surface area contributed by atoms with E-state index in [1.165, 1.54) is 12.8 Å². The fourth-order valence-corrected chi connectivity index (χ4v) is 4.04. The number of benzene rings is 1. The fraction of sp³-hybridized carbons (Fsp3) is 0.348. The summed E-state index contributed by atoms with van der Waals surface area (Å²) in [6.07, 6.45) is 8.10. The Labute approximate surface area is 165 Å². The highest BCUT2D eigenvalue weighted by molar-refractivity contribution is 6.07. The van der Waals surface area contributed by atoms with Gasteiger partial charge in [0.05, 0.1) is 16.8 Å². The summed E-state index contributed by atoms with van der Waals surface area (Å²) in [6.45, 7) is 1.50. The predicted molar refractivity (Wildman–Crippen MR) is 112 cm³/mol.